The van der Waals surface area contributed by atoms with E-state index >= 15 is 0 Å². The van der Waals surface area contributed by atoms with Gasteiger partial charge in [-0.1, -0.05) is 19.3 Å². The van der Waals surface area contributed by atoms with Crippen molar-refractivity contribution in [3.8, 4) is 0 Å². The second-order valence-electron chi connectivity index (χ2n) is 5.82. The van der Waals surface area contributed by atoms with Crippen molar-refractivity contribution in [3.05, 3.63) is 0 Å². The summed E-state index contributed by atoms with van der Waals surface area (Å²) in [7, 11) is 3.05. The summed E-state index contributed by atoms with van der Waals surface area (Å²) in [4.78, 5) is 35.5. The molecule has 3 amide bonds. The maximum absolute atomic E-state index is 12.0. The van der Waals surface area contributed by atoms with Gasteiger partial charge in [-0.2, -0.15) is 0 Å². The van der Waals surface area contributed by atoms with Crippen LogP contribution in [0.25, 0.3) is 0 Å². The number of amides is 3. The van der Waals surface area contributed by atoms with E-state index < -0.39 is 5.97 Å². The molecule has 0 heterocycles. The highest BCUT2D eigenvalue weighted by Crippen LogP contribution is 2.38. The summed E-state index contributed by atoms with van der Waals surface area (Å²) in [6.07, 6.45) is 4.82. The molecular weight excluding hydrogens is 274 g/mol. The Balaban J connectivity index is 2.54. The van der Waals surface area contributed by atoms with Gasteiger partial charge in [0.1, 0.15) is 6.54 Å². The zero-order valence-electron chi connectivity index (χ0n) is 12.8. The maximum Gasteiger partial charge on any atom is 0.317 e. The first kappa shape index (κ1) is 17.3. The first-order valence-corrected chi connectivity index (χ1v) is 7.30. The SMILES string of the molecule is CNC(=O)CN(C)C(=O)NCC1(CC(=O)O)CCCCC1. The summed E-state index contributed by atoms with van der Waals surface area (Å²) in [6.45, 7) is 0.324. The molecule has 21 heavy (non-hydrogen) atoms. The Morgan fingerprint density at radius 2 is 1.81 bits per heavy atom. The van der Waals surface area contributed by atoms with Gasteiger partial charge in [0, 0.05) is 20.6 Å². The number of aliphatic carboxylic acids is 1. The van der Waals surface area contributed by atoms with Gasteiger partial charge in [0.25, 0.3) is 0 Å². The molecule has 0 aliphatic heterocycles. The molecule has 1 aliphatic carbocycles. The average molecular weight is 299 g/mol. The molecule has 3 N–H and O–H groups in total. The summed E-state index contributed by atoms with van der Waals surface area (Å²) < 4.78 is 0. The molecule has 0 radical (unpaired) electrons. The summed E-state index contributed by atoms with van der Waals surface area (Å²) in [6, 6.07) is -0.353. The highest BCUT2D eigenvalue weighted by molar-refractivity contribution is 5.83. The minimum Gasteiger partial charge on any atom is -0.481 e. The van der Waals surface area contributed by atoms with E-state index in [9.17, 15) is 14.4 Å². The highest BCUT2D eigenvalue weighted by Gasteiger charge is 2.35. The molecule has 7 heteroatoms. The van der Waals surface area contributed by atoms with Crippen LogP contribution in [0.4, 0.5) is 4.79 Å². The van der Waals surface area contributed by atoms with Gasteiger partial charge >= 0.3 is 12.0 Å². The van der Waals surface area contributed by atoms with E-state index in [4.69, 9.17) is 5.11 Å². The van der Waals surface area contributed by atoms with Gasteiger partial charge in [-0.3, -0.25) is 9.59 Å². The molecule has 0 unspecified atom stereocenters. The number of hydrogen-bond donors (Lipinski definition) is 3. The van der Waals surface area contributed by atoms with Crippen molar-refractivity contribution in [1.29, 1.82) is 0 Å². The van der Waals surface area contributed by atoms with Gasteiger partial charge < -0.3 is 20.6 Å². The van der Waals surface area contributed by atoms with Crippen LogP contribution in [-0.4, -0.2) is 55.1 Å². The third-order valence-corrected chi connectivity index (χ3v) is 4.06. The summed E-state index contributed by atoms with van der Waals surface area (Å²) in [5, 5.41) is 14.3. The first-order chi connectivity index (χ1) is 9.88. The lowest BCUT2D eigenvalue weighted by molar-refractivity contribution is -0.140. The Bertz CT molecular complexity index is 392. The Labute approximate surface area is 125 Å². The number of nitrogens with zero attached hydrogens (tertiary/aromatic N) is 1. The van der Waals surface area contributed by atoms with Crippen LogP contribution < -0.4 is 10.6 Å². The average Bonchev–Trinajstić information content (AvgIpc) is 2.44. The highest BCUT2D eigenvalue weighted by atomic mass is 16.4. The smallest absolute Gasteiger partial charge is 0.317 e. The minimum atomic E-state index is -0.829. The lowest BCUT2D eigenvalue weighted by atomic mass is 9.72. The van der Waals surface area contributed by atoms with Crippen LogP contribution in [0.5, 0.6) is 0 Å². The van der Waals surface area contributed by atoms with Gasteiger partial charge in [0.15, 0.2) is 0 Å². The van der Waals surface area contributed by atoms with Crippen LogP contribution in [0, 0.1) is 5.41 Å². The van der Waals surface area contributed by atoms with Crippen molar-refractivity contribution < 1.29 is 19.5 Å². The van der Waals surface area contributed by atoms with E-state index in [0.29, 0.717) is 6.54 Å². The molecular formula is C14H25N3O4. The second kappa shape index (κ2) is 7.85. The Morgan fingerprint density at radius 1 is 1.19 bits per heavy atom. The number of rotatable bonds is 6. The molecule has 0 aromatic rings. The molecule has 0 bridgehead atoms. The zero-order chi connectivity index (χ0) is 15.9. The number of carboxylic acids is 1. The summed E-state index contributed by atoms with van der Waals surface area (Å²) in [5.41, 5.74) is -0.354. The molecule has 0 saturated heterocycles. The molecule has 0 aromatic heterocycles. The van der Waals surface area contributed by atoms with E-state index in [2.05, 4.69) is 10.6 Å². The zero-order valence-corrected chi connectivity index (χ0v) is 12.8. The van der Waals surface area contributed by atoms with E-state index in [1.165, 1.54) is 19.0 Å². The largest absolute Gasteiger partial charge is 0.481 e. The number of carboxylic acid groups (broad SMARTS) is 1. The minimum absolute atomic E-state index is 0.0196. The standard InChI is InChI=1S/C14H25N3O4/c1-15-11(18)9-17(2)13(21)16-10-14(8-12(19)20)6-4-3-5-7-14/h3-10H2,1-2H3,(H,15,18)(H,16,21)(H,19,20). The van der Waals surface area contributed by atoms with Crippen LogP contribution in [-0.2, 0) is 9.59 Å². The molecule has 120 valence electrons. The third-order valence-electron chi connectivity index (χ3n) is 4.06. The van der Waals surface area contributed by atoms with Crippen LogP contribution in [0.3, 0.4) is 0 Å². The van der Waals surface area contributed by atoms with Crippen molar-refractivity contribution in [1.82, 2.24) is 15.5 Å². The number of carbonyl (C=O) groups is 3. The molecule has 1 fully saturated rings. The van der Waals surface area contributed by atoms with Gasteiger partial charge in [0.05, 0.1) is 6.42 Å². The topological polar surface area (TPSA) is 98.7 Å². The second-order valence-corrected chi connectivity index (χ2v) is 5.82. The lowest BCUT2D eigenvalue weighted by Gasteiger charge is -2.36. The predicted octanol–water partition coefficient (Wildman–Crippen LogP) is 0.799. The van der Waals surface area contributed by atoms with Crippen LogP contribution >= 0.6 is 0 Å². The third kappa shape index (κ3) is 5.61. The number of carbonyl (C=O) groups excluding carboxylic acids is 2. The lowest BCUT2D eigenvalue weighted by Crippen LogP contribution is -2.47. The number of nitrogens with one attached hydrogen (secondary N) is 2. The van der Waals surface area contributed by atoms with E-state index in [0.717, 1.165) is 32.1 Å². The van der Waals surface area contributed by atoms with Crippen molar-refractivity contribution >= 4 is 17.9 Å². The first-order valence-electron chi connectivity index (χ1n) is 7.30. The predicted molar refractivity (Wildman–Crippen MR) is 77.9 cm³/mol. The molecule has 0 aromatic carbocycles. The molecule has 0 spiro atoms. The number of urea groups is 1. The van der Waals surface area contributed by atoms with E-state index in [1.807, 2.05) is 0 Å². The Kier molecular flexibility index (Phi) is 6.45. The number of hydrogen-bond acceptors (Lipinski definition) is 3. The fourth-order valence-electron chi connectivity index (χ4n) is 2.80. The summed E-state index contributed by atoms with van der Waals surface area (Å²) in [5.74, 6) is -1.07. The van der Waals surface area contributed by atoms with Crippen molar-refractivity contribution in [2.24, 2.45) is 5.41 Å². The molecule has 1 saturated carbocycles. The van der Waals surface area contributed by atoms with Gasteiger partial charge in [0.2, 0.25) is 5.91 Å². The van der Waals surface area contributed by atoms with Crippen LogP contribution in [0.15, 0.2) is 0 Å². The van der Waals surface area contributed by atoms with Gasteiger partial charge in [-0.25, -0.2) is 4.79 Å². The molecule has 0 atom stereocenters. The summed E-state index contributed by atoms with van der Waals surface area (Å²) >= 11 is 0. The quantitative estimate of drug-likeness (QED) is 0.675. The molecule has 1 rings (SSSR count). The van der Waals surface area contributed by atoms with Crippen molar-refractivity contribution in [3.63, 3.8) is 0 Å². The number of likely N-dealkylation sites (N-methyl/N-ethyl adjacent to an activating group) is 2. The normalized spacial score (nSPS) is 16.9. The van der Waals surface area contributed by atoms with E-state index in [-0.39, 0.29) is 30.3 Å². The van der Waals surface area contributed by atoms with Crippen LogP contribution in [0.2, 0.25) is 0 Å². The van der Waals surface area contributed by atoms with Crippen molar-refractivity contribution in [2.75, 3.05) is 27.2 Å². The molecule has 1 aliphatic rings. The monoisotopic (exact) mass is 299 g/mol. The fraction of sp³-hybridized carbons (Fsp3) is 0.786. The Hall–Kier alpha value is -1.79. The molecule has 7 nitrogen and oxygen atoms in total. The van der Waals surface area contributed by atoms with E-state index in [1.54, 1.807) is 0 Å². The Morgan fingerprint density at radius 3 is 2.33 bits per heavy atom. The van der Waals surface area contributed by atoms with Crippen molar-refractivity contribution in [2.45, 2.75) is 38.5 Å². The van der Waals surface area contributed by atoms with Gasteiger partial charge in [-0.05, 0) is 18.3 Å². The maximum atomic E-state index is 12.0. The van der Waals surface area contributed by atoms with Gasteiger partial charge in [-0.15, -0.1) is 0 Å². The fourth-order valence-corrected chi connectivity index (χ4v) is 2.80. The van der Waals surface area contributed by atoms with Crippen LogP contribution in [0.1, 0.15) is 38.5 Å².